The maximum absolute atomic E-state index is 12.5. The molecular weight excluding hydrogens is 216 g/mol. The molecule has 1 aromatic carbocycles. The Balaban J connectivity index is 3.10. The van der Waals surface area contributed by atoms with Gasteiger partial charge in [0.1, 0.15) is 6.04 Å². The quantitative estimate of drug-likeness (QED) is 0.861. The van der Waals surface area contributed by atoms with E-state index >= 15 is 0 Å². The summed E-state index contributed by atoms with van der Waals surface area (Å²) < 4.78 is 24.9. The molecule has 0 aliphatic carbocycles. The lowest BCUT2D eigenvalue weighted by Gasteiger charge is -2.20. The molecule has 1 aromatic rings. The minimum atomic E-state index is -2.59. The summed E-state index contributed by atoms with van der Waals surface area (Å²) in [4.78, 5) is 12.5. The molecule has 0 saturated carbocycles. The van der Waals surface area contributed by atoms with E-state index in [1.54, 1.807) is 14.1 Å². The number of hydrogen-bond acceptors (Lipinski definition) is 2. The highest BCUT2D eigenvalue weighted by molar-refractivity contribution is 5.75. The maximum Gasteiger partial charge on any atom is 0.325 e. The van der Waals surface area contributed by atoms with Crippen molar-refractivity contribution in [2.24, 2.45) is 0 Å². The number of halogens is 2. The van der Waals surface area contributed by atoms with Crippen molar-refractivity contribution in [2.75, 3.05) is 14.1 Å². The zero-order chi connectivity index (χ0) is 12.3. The molecule has 0 aromatic heterocycles. The molecule has 3 nitrogen and oxygen atoms in total. The number of carboxylic acids is 1. The van der Waals surface area contributed by atoms with Gasteiger partial charge >= 0.3 is 5.97 Å². The number of alkyl halides is 2. The van der Waals surface area contributed by atoms with E-state index in [0.29, 0.717) is 5.56 Å². The van der Waals surface area contributed by atoms with Crippen LogP contribution in [0.3, 0.4) is 0 Å². The molecule has 1 atom stereocenters. The molecule has 88 valence electrons. The minimum absolute atomic E-state index is 0.161. The molecule has 1 unspecified atom stereocenters. The maximum atomic E-state index is 12.5. The van der Waals surface area contributed by atoms with Crippen LogP contribution in [0.5, 0.6) is 0 Å². The zero-order valence-corrected chi connectivity index (χ0v) is 9.02. The van der Waals surface area contributed by atoms with Crippen LogP contribution >= 0.6 is 0 Å². The van der Waals surface area contributed by atoms with Crippen LogP contribution in [0.1, 0.15) is 23.6 Å². The Morgan fingerprint density at radius 2 is 1.88 bits per heavy atom. The van der Waals surface area contributed by atoms with E-state index in [0.717, 1.165) is 0 Å². The Morgan fingerprint density at radius 1 is 1.31 bits per heavy atom. The second-order valence-electron chi connectivity index (χ2n) is 3.68. The summed E-state index contributed by atoms with van der Waals surface area (Å²) in [7, 11) is 3.18. The third-order valence-corrected chi connectivity index (χ3v) is 2.23. The monoisotopic (exact) mass is 229 g/mol. The van der Waals surface area contributed by atoms with Crippen LogP contribution in [0.2, 0.25) is 0 Å². The second-order valence-corrected chi connectivity index (χ2v) is 3.68. The highest BCUT2D eigenvalue weighted by Gasteiger charge is 2.22. The molecule has 0 fully saturated rings. The van der Waals surface area contributed by atoms with Crippen molar-refractivity contribution in [1.29, 1.82) is 0 Å². The molecule has 0 spiro atoms. The fourth-order valence-corrected chi connectivity index (χ4v) is 1.53. The molecular formula is C11H13F2NO2. The Kier molecular flexibility index (Phi) is 3.95. The first-order valence-electron chi connectivity index (χ1n) is 4.70. The Bertz CT molecular complexity index is 380. The number of nitrogens with zero attached hydrogens (tertiary/aromatic N) is 1. The Morgan fingerprint density at radius 3 is 2.31 bits per heavy atom. The molecule has 0 heterocycles. The molecule has 1 N–H and O–H groups in total. The third kappa shape index (κ3) is 2.76. The molecule has 0 radical (unpaired) electrons. The van der Waals surface area contributed by atoms with E-state index in [4.69, 9.17) is 5.11 Å². The third-order valence-electron chi connectivity index (χ3n) is 2.23. The summed E-state index contributed by atoms with van der Waals surface area (Å²) in [5.41, 5.74) is 0.195. The SMILES string of the molecule is CN(C)C(C(=O)O)c1cccc(C(F)F)c1. The van der Waals surface area contributed by atoms with Crippen LogP contribution in [-0.4, -0.2) is 30.1 Å². The average molecular weight is 229 g/mol. The highest BCUT2D eigenvalue weighted by atomic mass is 19.3. The van der Waals surface area contributed by atoms with Crippen LogP contribution < -0.4 is 0 Å². The Labute approximate surface area is 92.3 Å². The molecule has 0 bridgehead atoms. The molecule has 0 aliphatic rings. The predicted octanol–water partition coefficient (Wildman–Crippen LogP) is 2.31. The van der Waals surface area contributed by atoms with Crippen molar-refractivity contribution in [1.82, 2.24) is 4.90 Å². The molecule has 0 aliphatic heterocycles. The second kappa shape index (κ2) is 5.03. The number of benzene rings is 1. The van der Waals surface area contributed by atoms with Gasteiger partial charge in [-0.15, -0.1) is 0 Å². The summed E-state index contributed by atoms with van der Waals surface area (Å²) in [6.07, 6.45) is -2.59. The zero-order valence-electron chi connectivity index (χ0n) is 9.02. The van der Waals surface area contributed by atoms with E-state index in [9.17, 15) is 13.6 Å². The van der Waals surface area contributed by atoms with Crippen molar-refractivity contribution >= 4 is 5.97 Å². The topological polar surface area (TPSA) is 40.5 Å². The number of aliphatic carboxylic acids is 1. The fourth-order valence-electron chi connectivity index (χ4n) is 1.53. The largest absolute Gasteiger partial charge is 0.480 e. The van der Waals surface area contributed by atoms with Gasteiger partial charge in [0.2, 0.25) is 0 Å². The lowest BCUT2D eigenvalue weighted by atomic mass is 10.0. The van der Waals surface area contributed by atoms with Crippen LogP contribution in [0.25, 0.3) is 0 Å². The van der Waals surface area contributed by atoms with Crippen molar-refractivity contribution < 1.29 is 18.7 Å². The van der Waals surface area contributed by atoms with E-state index in [1.165, 1.54) is 29.2 Å². The summed E-state index contributed by atoms with van der Waals surface area (Å²) in [5, 5.41) is 9.00. The predicted molar refractivity (Wildman–Crippen MR) is 55.5 cm³/mol. The van der Waals surface area contributed by atoms with E-state index in [2.05, 4.69) is 0 Å². The summed E-state index contributed by atoms with van der Waals surface area (Å²) in [6, 6.07) is 4.58. The lowest BCUT2D eigenvalue weighted by molar-refractivity contribution is -0.142. The fraction of sp³-hybridized carbons (Fsp3) is 0.364. The molecule has 5 heteroatoms. The van der Waals surface area contributed by atoms with Gasteiger partial charge in [-0.05, 0) is 25.7 Å². The van der Waals surface area contributed by atoms with Crippen molar-refractivity contribution in [3.05, 3.63) is 35.4 Å². The summed E-state index contributed by atoms with van der Waals surface area (Å²) in [6.45, 7) is 0. The molecule has 0 saturated heterocycles. The number of likely N-dealkylation sites (N-methyl/N-ethyl adjacent to an activating group) is 1. The van der Waals surface area contributed by atoms with Crippen molar-refractivity contribution in [3.63, 3.8) is 0 Å². The van der Waals surface area contributed by atoms with E-state index in [1.807, 2.05) is 0 Å². The van der Waals surface area contributed by atoms with Crippen LogP contribution in [0.15, 0.2) is 24.3 Å². The first-order chi connectivity index (χ1) is 7.43. The number of carboxylic acid groups (broad SMARTS) is 1. The minimum Gasteiger partial charge on any atom is -0.480 e. The molecule has 0 amide bonds. The van der Waals surface area contributed by atoms with Crippen LogP contribution in [-0.2, 0) is 4.79 Å². The van der Waals surface area contributed by atoms with Gasteiger partial charge < -0.3 is 5.11 Å². The number of carbonyl (C=O) groups is 1. The number of rotatable bonds is 4. The smallest absolute Gasteiger partial charge is 0.325 e. The lowest BCUT2D eigenvalue weighted by Crippen LogP contribution is -2.27. The van der Waals surface area contributed by atoms with E-state index in [-0.39, 0.29) is 5.56 Å². The summed E-state index contributed by atoms with van der Waals surface area (Å²) in [5.74, 6) is -1.06. The first-order valence-corrected chi connectivity index (χ1v) is 4.70. The molecule has 16 heavy (non-hydrogen) atoms. The van der Waals surface area contributed by atoms with Crippen molar-refractivity contribution in [2.45, 2.75) is 12.5 Å². The van der Waals surface area contributed by atoms with Gasteiger partial charge in [0.05, 0.1) is 0 Å². The van der Waals surface area contributed by atoms with Gasteiger partial charge in [-0.25, -0.2) is 8.78 Å². The van der Waals surface area contributed by atoms with E-state index < -0.39 is 18.4 Å². The first kappa shape index (κ1) is 12.6. The van der Waals surface area contributed by atoms with Gasteiger partial charge in [0.15, 0.2) is 0 Å². The molecule has 1 rings (SSSR count). The van der Waals surface area contributed by atoms with Crippen molar-refractivity contribution in [3.8, 4) is 0 Å². The normalized spacial score (nSPS) is 13.1. The van der Waals surface area contributed by atoms with Gasteiger partial charge in [-0.2, -0.15) is 0 Å². The van der Waals surface area contributed by atoms with Crippen LogP contribution in [0, 0.1) is 0 Å². The summed E-state index contributed by atoms with van der Waals surface area (Å²) >= 11 is 0. The van der Waals surface area contributed by atoms with Crippen LogP contribution in [0.4, 0.5) is 8.78 Å². The van der Waals surface area contributed by atoms with Gasteiger partial charge in [-0.3, -0.25) is 9.69 Å². The van der Waals surface area contributed by atoms with Gasteiger partial charge in [0, 0.05) is 5.56 Å². The Hall–Kier alpha value is -1.49. The van der Waals surface area contributed by atoms with Gasteiger partial charge in [0.25, 0.3) is 6.43 Å². The van der Waals surface area contributed by atoms with Gasteiger partial charge in [-0.1, -0.05) is 18.2 Å². The standard InChI is InChI=1S/C11H13F2NO2/c1-14(2)9(11(15)16)7-4-3-5-8(6-7)10(12)13/h3-6,9-10H,1-2H3,(H,15,16). The average Bonchev–Trinajstić information content (AvgIpc) is 2.16. The highest BCUT2D eigenvalue weighted by Crippen LogP contribution is 2.24. The number of hydrogen-bond donors (Lipinski definition) is 1.